The monoisotopic (exact) mass is 359 g/mol. The third kappa shape index (κ3) is 3.91. The molecule has 0 heterocycles. The lowest BCUT2D eigenvalue weighted by Crippen LogP contribution is -2.07. The Bertz CT molecular complexity index is 656. The molecule has 0 bridgehead atoms. The van der Waals surface area contributed by atoms with E-state index in [0.717, 1.165) is 17.7 Å². The fourth-order valence-electron chi connectivity index (χ4n) is 1.88. The number of halogens is 4. The first kappa shape index (κ1) is 15.7. The number of hydrogen-bond acceptors (Lipinski definition) is 2. The van der Waals surface area contributed by atoms with Crippen LogP contribution in [0.15, 0.2) is 40.9 Å². The van der Waals surface area contributed by atoms with E-state index >= 15 is 0 Å². The maximum absolute atomic E-state index is 12.7. The van der Waals surface area contributed by atoms with Gasteiger partial charge >= 0.3 is 6.18 Å². The largest absolute Gasteiger partial charge is 0.508 e. The minimum Gasteiger partial charge on any atom is -0.508 e. The van der Waals surface area contributed by atoms with E-state index in [1.165, 1.54) is 6.07 Å². The summed E-state index contributed by atoms with van der Waals surface area (Å²) in [5.74, 6) is 0.108. The van der Waals surface area contributed by atoms with Crippen LogP contribution < -0.4 is 5.32 Å². The van der Waals surface area contributed by atoms with Gasteiger partial charge in [0.25, 0.3) is 0 Å². The Kier molecular flexibility index (Phi) is 4.46. The minimum absolute atomic E-state index is 0.108. The van der Waals surface area contributed by atoms with Crippen LogP contribution in [0.3, 0.4) is 0 Å². The first-order valence-corrected chi connectivity index (χ1v) is 6.96. The molecule has 0 aliphatic heterocycles. The summed E-state index contributed by atoms with van der Waals surface area (Å²) in [6.07, 6.45) is -4.39. The molecular weight excluding hydrogens is 347 g/mol. The summed E-state index contributed by atoms with van der Waals surface area (Å²) in [6.45, 7) is 2.11. The zero-order chi connectivity index (χ0) is 15.6. The number of anilines is 1. The fraction of sp³-hybridized carbons (Fsp3) is 0.200. The highest BCUT2D eigenvalue weighted by molar-refractivity contribution is 9.10. The van der Waals surface area contributed by atoms with E-state index in [1.54, 1.807) is 18.2 Å². The maximum atomic E-state index is 12.7. The number of nitrogens with one attached hydrogen (secondary N) is 1. The van der Waals surface area contributed by atoms with Crippen molar-refractivity contribution in [2.45, 2.75) is 19.6 Å². The molecule has 0 atom stereocenters. The van der Waals surface area contributed by atoms with Crippen molar-refractivity contribution in [2.75, 3.05) is 5.32 Å². The topological polar surface area (TPSA) is 32.3 Å². The van der Waals surface area contributed by atoms with Gasteiger partial charge in [-0.3, -0.25) is 0 Å². The lowest BCUT2D eigenvalue weighted by atomic mass is 10.1. The zero-order valence-corrected chi connectivity index (χ0v) is 12.7. The van der Waals surface area contributed by atoms with Crippen LogP contribution in [-0.2, 0) is 12.7 Å². The van der Waals surface area contributed by atoms with Gasteiger partial charge in [-0.2, -0.15) is 13.2 Å². The van der Waals surface area contributed by atoms with Crippen LogP contribution in [0.4, 0.5) is 18.9 Å². The Labute approximate surface area is 128 Å². The van der Waals surface area contributed by atoms with Gasteiger partial charge < -0.3 is 10.4 Å². The van der Waals surface area contributed by atoms with E-state index in [9.17, 15) is 18.3 Å². The van der Waals surface area contributed by atoms with Gasteiger partial charge in [-0.15, -0.1) is 0 Å². The summed E-state index contributed by atoms with van der Waals surface area (Å²) >= 11 is 3.21. The number of hydrogen-bond donors (Lipinski definition) is 2. The van der Waals surface area contributed by atoms with Crippen molar-refractivity contribution in [3.05, 3.63) is 57.6 Å². The number of aryl methyl sites for hydroxylation is 1. The van der Waals surface area contributed by atoms with Gasteiger partial charge in [-0.05, 0) is 47.1 Å². The third-order valence-electron chi connectivity index (χ3n) is 3.00. The van der Waals surface area contributed by atoms with Crippen LogP contribution in [0, 0.1) is 6.92 Å². The molecule has 21 heavy (non-hydrogen) atoms. The molecule has 0 radical (unpaired) electrons. The van der Waals surface area contributed by atoms with Crippen LogP contribution in [0.25, 0.3) is 0 Å². The van der Waals surface area contributed by atoms with Crippen LogP contribution in [-0.4, -0.2) is 5.11 Å². The van der Waals surface area contributed by atoms with Crippen molar-refractivity contribution in [1.29, 1.82) is 0 Å². The lowest BCUT2D eigenvalue weighted by Gasteiger charge is -2.13. The predicted molar refractivity (Wildman–Crippen MR) is 79.3 cm³/mol. The van der Waals surface area contributed by atoms with Crippen LogP contribution >= 0.6 is 15.9 Å². The van der Waals surface area contributed by atoms with Crippen molar-refractivity contribution in [3.8, 4) is 5.75 Å². The van der Waals surface area contributed by atoms with Crippen LogP contribution in [0.2, 0.25) is 0 Å². The molecule has 0 saturated heterocycles. The van der Waals surface area contributed by atoms with Gasteiger partial charge in [0.05, 0.1) is 5.56 Å². The molecule has 2 aromatic carbocycles. The van der Waals surface area contributed by atoms with Crippen molar-refractivity contribution < 1.29 is 18.3 Å². The molecule has 2 rings (SSSR count). The number of phenols is 1. The number of aromatic hydroxyl groups is 1. The zero-order valence-electron chi connectivity index (χ0n) is 11.1. The van der Waals surface area contributed by atoms with Gasteiger partial charge in [-0.25, -0.2) is 0 Å². The molecule has 0 aliphatic rings. The van der Waals surface area contributed by atoms with Crippen molar-refractivity contribution >= 4 is 21.6 Å². The standard InChI is InChI=1S/C15H13BrF3NO/c1-9-2-5-14(21)10(6-9)8-20-13-7-11(15(17,18)19)3-4-12(13)16/h2-7,20-21H,8H2,1H3. The number of alkyl halides is 3. The summed E-state index contributed by atoms with van der Waals surface area (Å²) in [6, 6.07) is 8.51. The first-order valence-electron chi connectivity index (χ1n) is 6.16. The Morgan fingerprint density at radius 2 is 1.86 bits per heavy atom. The van der Waals surface area contributed by atoms with E-state index < -0.39 is 11.7 Å². The number of benzene rings is 2. The maximum Gasteiger partial charge on any atom is 0.416 e. The van der Waals surface area contributed by atoms with Crippen molar-refractivity contribution in [2.24, 2.45) is 0 Å². The fourth-order valence-corrected chi connectivity index (χ4v) is 2.27. The van der Waals surface area contributed by atoms with E-state index in [-0.39, 0.29) is 12.3 Å². The molecular formula is C15H13BrF3NO. The quantitative estimate of drug-likeness (QED) is 0.799. The number of phenolic OH excluding ortho intramolecular Hbond substituents is 1. The molecule has 6 heteroatoms. The highest BCUT2D eigenvalue weighted by atomic mass is 79.9. The highest BCUT2D eigenvalue weighted by Gasteiger charge is 2.30. The lowest BCUT2D eigenvalue weighted by molar-refractivity contribution is -0.137. The Morgan fingerprint density at radius 3 is 2.52 bits per heavy atom. The predicted octanol–water partition coefficient (Wildman–Crippen LogP) is 5.09. The molecule has 2 aromatic rings. The van der Waals surface area contributed by atoms with Crippen LogP contribution in [0.5, 0.6) is 5.75 Å². The summed E-state index contributed by atoms with van der Waals surface area (Å²) < 4.78 is 38.6. The van der Waals surface area contributed by atoms with Gasteiger partial charge in [0.2, 0.25) is 0 Å². The van der Waals surface area contributed by atoms with E-state index in [1.807, 2.05) is 6.92 Å². The molecule has 0 saturated carbocycles. The smallest absolute Gasteiger partial charge is 0.416 e. The average Bonchev–Trinajstić information content (AvgIpc) is 2.40. The van der Waals surface area contributed by atoms with Crippen LogP contribution in [0.1, 0.15) is 16.7 Å². The van der Waals surface area contributed by atoms with E-state index in [4.69, 9.17) is 0 Å². The van der Waals surface area contributed by atoms with Gasteiger partial charge in [0, 0.05) is 22.3 Å². The molecule has 0 unspecified atom stereocenters. The molecule has 0 aliphatic carbocycles. The van der Waals surface area contributed by atoms with Crippen molar-refractivity contribution in [1.82, 2.24) is 0 Å². The molecule has 2 nitrogen and oxygen atoms in total. The van der Waals surface area contributed by atoms with Gasteiger partial charge in [0.1, 0.15) is 5.75 Å². The molecule has 0 amide bonds. The second-order valence-corrected chi connectivity index (χ2v) is 5.53. The summed E-state index contributed by atoms with van der Waals surface area (Å²) in [5, 5.41) is 12.6. The minimum atomic E-state index is -4.39. The molecule has 0 spiro atoms. The Balaban J connectivity index is 2.22. The summed E-state index contributed by atoms with van der Waals surface area (Å²) in [5.41, 5.74) is 1.19. The Morgan fingerprint density at radius 1 is 1.14 bits per heavy atom. The normalized spacial score (nSPS) is 11.5. The highest BCUT2D eigenvalue weighted by Crippen LogP contribution is 2.34. The third-order valence-corrected chi connectivity index (χ3v) is 3.69. The van der Waals surface area contributed by atoms with Crippen molar-refractivity contribution in [3.63, 3.8) is 0 Å². The van der Waals surface area contributed by atoms with E-state index in [2.05, 4.69) is 21.2 Å². The SMILES string of the molecule is Cc1ccc(O)c(CNc2cc(C(F)(F)F)ccc2Br)c1. The molecule has 2 N–H and O–H groups in total. The molecule has 0 aromatic heterocycles. The second kappa shape index (κ2) is 5.97. The first-order chi connectivity index (χ1) is 9.77. The van der Waals surface area contributed by atoms with Gasteiger partial charge in [-0.1, -0.05) is 17.7 Å². The summed E-state index contributed by atoms with van der Waals surface area (Å²) in [7, 11) is 0. The van der Waals surface area contributed by atoms with Gasteiger partial charge in [0.15, 0.2) is 0 Å². The molecule has 112 valence electrons. The average molecular weight is 360 g/mol. The van der Waals surface area contributed by atoms with E-state index in [0.29, 0.717) is 15.7 Å². The molecule has 0 fully saturated rings. The summed E-state index contributed by atoms with van der Waals surface area (Å²) in [4.78, 5) is 0. The second-order valence-electron chi connectivity index (χ2n) is 4.68. The number of rotatable bonds is 3. The Hall–Kier alpha value is -1.69.